The van der Waals surface area contributed by atoms with Gasteiger partial charge in [0, 0.05) is 25.0 Å². The standard InChI is InChI=1S/C18H22N2O/c1-12-4-3-5-15-16(10-13(2)18(12)15)20-11-17(21)14-6-8-19-9-7-14/h3-9,13,16-17,20-21H,10-11H2,1-2H3/t13-,16+,17+/m1/s1. The van der Waals surface area contributed by atoms with Crippen LogP contribution < -0.4 is 5.32 Å². The first kappa shape index (κ1) is 14.2. The molecule has 1 aliphatic carbocycles. The van der Waals surface area contributed by atoms with Crippen LogP contribution in [0.2, 0.25) is 0 Å². The molecule has 3 rings (SSSR count). The van der Waals surface area contributed by atoms with Crippen LogP contribution in [-0.4, -0.2) is 16.6 Å². The third-order valence-corrected chi connectivity index (χ3v) is 4.46. The summed E-state index contributed by atoms with van der Waals surface area (Å²) in [6.45, 7) is 5.03. The topological polar surface area (TPSA) is 45.1 Å². The predicted molar refractivity (Wildman–Crippen MR) is 84.2 cm³/mol. The van der Waals surface area contributed by atoms with Gasteiger partial charge in [-0.05, 0) is 53.6 Å². The molecule has 1 aromatic carbocycles. The maximum absolute atomic E-state index is 10.3. The van der Waals surface area contributed by atoms with Crippen LogP contribution >= 0.6 is 0 Å². The summed E-state index contributed by atoms with van der Waals surface area (Å²) in [6.07, 6.45) is 4.05. The molecule has 0 spiro atoms. The van der Waals surface area contributed by atoms with Crippen molar-refractivity contribution in [2.75, 3.05) is 6.54 Å². The highest BCUT2D eigenvalue weighted by atomic mass is 16.3. The molecule has 3 atom stereocenters. The zero-order valence-electron chi connectivity index (χ0n) is 12.6. The van der Waals surface area contributed by atoms with Crippen molar-refractivity contribution in [2.45, 2.75) is 38.3 Å². The van der Waals surface area contributed by atoms with E-state index in [0.717, 1.165) is 12.0 Å². The molecule has 0 amide bonds. The van der Waals surface area contributed by atoms with E-state index in [-0.39, 0.29) is 0 Å². The zero-order valence-corrected chi connectivity index (χ0v) is 12.6. The average molecular weight is 282 g/mol. The number of aromatic nitrogens is 1. The minimum atomic E-state index is -0.489. The summed E-state index contributed by atoms with van der Waals surface area (Å²) in [5.41, 5.74) is 5.16. The van der Waals surface area contributed by atoms with Crippen LogP contribution in [-0.2, 0) is 0 Å². The first-order chi connectivity index (χ1) is 10.2. The molecule has 3 nitrogen and oxygen atoms in total. The number of aliphatic hydroxyl groups excluding tert-OH is 1. The Morgan fingerprint density at radius 1 is 1.29 bits per heavy atom. The summed E-state index contributed by atoms with van der Waals surface area (Å²) in [6, 6.07) is 10.6. The molecule has 1 aliphatic rings. The van der Waals surface area contributed by atoms with E-state index in [0.29, 0.717) is 18.5 Å². The van der Waals surface area contributed by atoms with Crippen molar-refractivity contribution in [3.63, 3.8) is 0 Å². The van der Waals surface area contributed by atoms with Gasteiger partial charge in [-0.2, -0.15) is 0 Å². The molecule has 0 aliphatic heterocycles. The third-order valence-electron chi connectivity index (χ3n) is 4.46. The quantitative estimate of drug-likeness (QED) is 0.904. The second-order valence-electron chi connectivity index (χ2n) is 5.97. The van der Waals surface area contributed by atoms with E-state index < -0.39 is 6.10 Å². The lowest BCUT2D eigenvalue weighted by atomic mass is 9.98. The molecule has 0 bridgehead atoms. The number of nitrogens with zero attached hydrogens (tertiary/aromatic N) is 1. The highest BCUT2D eigenvalue weighted by Gasteiger charge is 2.29. The Morgan fingerprint density at radius 2 is 2.05 bits per heavy atom. The van der Waals surface area contributed by atoms with E-state index in [1.165, 1.54) is 16.7 Å². The highest BCUT2D eigenvalue weighted by molar-refractivity contribution is 5.43. The fraction of sp³-hybridized carbons (Fsp3) is 0.389. The molecular weight excluding hydrogens is 260 g/mol. The molecule has 2 N–H and O–H groups in total. The van der Waals surface area contributed by atoms with Crippen LogP contribution in [0.3, 0.4) is 0 Å². The third kappa shape index (κ3) is 2.85. The lowest BCUT2D eigenvalue weighted by molar-refractivity contribution is 0.169. The molecule has 0 radical (unpaired) electrons. The molecule has 0 saturated carbocycles. The first-order valence-electron chi connectivity index (χ1n) is 7.57. The summed E-state index contributed by atoms with van der Waals surface area (Å²) in [4.78, 5) is 3.98. The van der Waals surface area contributed by atoms with E-state index in [1.807, 2.05) is 12.1 Å². The molecule has 2 aromatic rings. The fourth-order valence-electron chi connectivity index (χ4n) is 3.43. The van der Waals surface area contributed by atoms with Gasteiger partial charge in [0.15, 0.2) is 0 Å². The van der Waals surface area contributed by atoms with Crippen molar-refractivity contribution >= 4 is 0 Å². The summed E-state index contributed by atoms with van der Waals surface area (Å²) in [7, 11) is 0. The van der Waals surface area contributed by atoms with E-state index in [2.05, 4.69) is 42.3 Å². The van der Waals surface area contributed by atoms with E-state index >= 15 is 0 Å². The summed E-state index contributed by atoms with van der Waals surface area (Å²) < 4.78 is 0. The molecule has 0 saturated heterocycles. The van der Waals surface area contributed by atoms with Crippen molar-refractivity contribution in [1.29, 1.82) is 0 Å². The van der Waals surface area contributed by atoms with E-state index in [1.54, 1.807) is 12.4 Å². The van der Waals surface area contributed by atoms with Crippen molar-refractivity contribution in [1.82, 2.24) is 10.3 Å². The van der Waals surface area contributed by atoms with Gasteiger partial charge in [0.1, 0.15) is 0 Å². The van der Waals surface area contributed by atoms with Gasteiger partial charge in [0.25, 0.3) is 0 Å². The molecular formula is C18H22N2O. The lowest BCUT2D eigenvalue weighted by Gasteiger charge is -2.18. The van der Waals surface area contributed by atoms with Crippen LogP contribution in [0.15, 0.2) is 42.7 Å². The minimum Gasteiger partial charge on any atom is -0.387 e. The Hall–Kier alpha value is -1.71. The molecule has 0 fully saturated rings. The number of pyridine rings is 1. The number of hydrogen-bond donors (Lipinski definition) is 2. The normalized spacial score (nSPS) is 22.0. The van der Waals surface area contributed by atoms with Gasteiger partial charge in [-0.1, -0.05) is 25.1 Å². The Balaban J connectivity index is 1.69. The number of rotatable bonds is 4. The fourth-order valence-corrected chi connectivity index (χ4v) is 3.43. The maximum atomic E-state index is 10.3. The van der Waals surface area contributed by atoms with Crippen molar-refractivity contribution in [2.24, 2.45) is 0 Å². The van der Waals surface area contributed by atoms with Crippen LogP contribution in [0.25, 0.3) is 0 Å². The van der Waals surface area contributed by atoms with E-state index in [4.69, 9.17) is 0 Å². The van der Waals surface area contributed by atoms with Gasteiger partial charge in [0.05, 0.1) is 6.10 Å². The van der Waals surface area contributed by atoms with Crippen LogP contribution in [0.4, 0.5) is 0 Å². The monoisotopic (exact) mass is 282 g/mol. The van der Waals surface area contributed by atoms with Gasteiger partial charge < -0.3 is 10.4 Å². The number of fused-ring (bicyclic) bond motifs is 1. The summed E-state index contributed by atoms with van der Waals surface area (Å²) in [5, 5.41) is 13.8. The molecule has 21 heavy (non-hydrogen) atoms. The van der Waals surface area contributed by atoms with Crippen molar-refractivity contribution < 1.29 is 5.11 Å². The van der Waals surface area contributed by atoms with Crippen LogP contribution in [0, 0.1) is 6.92 Å². The van der Waals surface area contributed by atoms with Gasteiger partial charge in [-0.25, -0.2) is 0 Å². The molecule has 0 unspecified atom stereocenters. The number of hydrogen-bond acceptors (Lipinski definition) is 3. The van der Waals surface area contributed by atoms with E-state index in [9.17, 15) is 5.11 Å². The molecule has 1 heterocycles. The van der Waals surface area contributed by atoms with Gasteiger partial charge in [0.2, 0.25) is 0 Å². The Kier molecular flexibility index (Phi) is 4.04. The van der Waals surface area contributed by atoms with Crippen LogP contribution in [0.5, 0.6) is 0 Å². The largest absolute Gasteiger partial charge is 0.387 e. The number of nitrogens with one attached hydrogen (secondary N) is 1. The molecule has 1 aromatic heterocycles. The summed E-state index contributed by atoms with van der Waals surface area (Å²) >= 11 is 0. The lowest BCUT2D eigenvalue weighted by Crippen LogP contribution is -2.25. The summed E-state index contributed by atoms with van der Waals surface area (Å²) in [5.74, 6) is 0.580. The van der Waals surface area contributed by atoms with Gasteiger partial charge in [-0.15, -0.1) is 0 Å². The minimum absolute atomic E-state index is 0.339. The van der Waals surface area contributed by atoms with Crippen molar-refractivity contribution in [3.05, 3.63) is 65.0 Å². The second-order valence-corrected chi connectivity index (χ2v) is 5.97. The Bertz CT molecular complexity index is 612. The number of aryl methyl sites for hydroxylation is 1. The molecule has 110 valence electrons. The number of aliphatic hydroxyl groups is 1. The first-order valence-corrected chi connectivity index (χ1v) is 7.57. The smallest absolute Gasteiger partial charge is 0.0915 e. The zero-order chi connectivity index (χ0) is 14.8. The Labute approximate surface area is 126 Å². The van der Waals surface area contributed by atoms with Gasteiger partial charge >= 0.3 is 0 Å². The second kappa shape index (κ2) is 5.96. The number of benzene rings is 1. The average Bonchev–Trinajstić information content (AvgIpc) is 2.83. The Morgan fingerprint density at radius 3 is 2.81 bits per heavy atom. The highest BCUT2D eigenvalue weighted by Crippen LogP contribution is 2.41. The SMILES string of the molecule is Cc1cccc2c1[C@H](C)C[C@@H]2NC[C@H](O)c1ccncc1. The maximum Gasteiger partial charge on any atom is 0.0915 e. The van der Waals surface area contributed by atoms with Crippen molar-refractivity contribution in [3.8, 4) is 0 Å². The molecule has 3 heteroatoms. The predicted octanol–water partition coefficient (Wildman–Crippen LogP) is 3.26. The van der Waals surface area contributed by atoms with Gasteiger partial charge in [-0.3, -0.25) is 4.98 Å². The van der Waals surface area contributed by atoms with Crippen LogP contribution in [0.1, 0.15) is 53.7 Å².